The predicted molar refractivity (Wildman–Crippen MR) is 120 cm³/mol. The molecule has 0 atom stereocenters. The summed E-state index contributed by atoms with van der Waals surface area (Å²) in [6.45, 7) is 7.63. The van der Waals surface area contributed by atoms with Crippen LogP contribution in [0.5, 0.6) is 5.75 Å². The highest BCUT2D eigenvalue weighted by Crippen LogP contribution is 2.33. The van der Waals surface area contributed by atoms with Crippen LogP contribution < -0.4 is 9.64 Å². The van der Waals surface area contributed by atoms with Gasteiger partial charge in [0.05, 0.1) is 4.91 Å². The van der Waals surface area contributed by atoms with Crippen molar-refractivity contribution in [1.29, 1.82) is 0 Å². The molecule has 29 heavy (non-hydrogen) atoms. The van der Waals surface area contributed by atoms with Crippen molar-refractivity contribution >= 4 is 34.6 Å². The van der Waals surface area contributed by atoms with Gasteiger partial charge in [-0.05, 0) is 36.0 Å². The van der Waals surface area contributed by atoms with Crippen LogP contribution in [0.2, 0.25) is 0 Å². The Kier molecular flexibility index (Phi) is 6.00. The average molecular weight is 406 g/mol. The number of benzene rings is 2. The summed E-state index contributed by atoms with van der Waals surface area (Å²) in [7, 11) is 0. The van der Waals surface area contributed by atoms with Crippen molar-refractivity contribution in [3.63, 3.8) is 0 Å². The predicted octanol–water partition coefficient (Wildman–Crippen LogP) is 4.04. The van der Waals surface area contributed by atoms with E-state index < -0.39 is 0 Å². The van der Waals surface area contributed by atoms with Gasteiger partial charge in [0.2, 0.25) is 0 Å². The molecule has 0 radical (unpaired) electrons. The number of amides is 1. The van der Waals surface area contributed by atoms with Crippen molar-refractivity contribution in [3.8, 4) is 5.75 Å². The van der Waals surface area contributed by atoms with Crippen LogP contribution in [0.25, 0.3) is 6.08 Å². The minimum atomic E-state index is -0.186. The largest absolute Gasteiger partial charge is 0.489 e. The Bertz CT molecular complexity index is 948. The van der Waals surface area contributed by atoms with Crippen LogP contribution in [0.1, 0.15) is 5.56 Å². The van der Waals surface area contributed by atoms with E-state index >= 15 is 0 Å². The molecule has 2 aromatic rings. The number of piperazine rings is 1. The number of carbonyl (C=O) groups is 1. The van der Waals surface area contributed by atoms with Gasteiger partial charge in [0.1, 0.15) is 12.4 Å². The first kappa shape index (κ1) is 19.3. The van der Waals surface area contributed by atoms with Crippen LogP contribution in [0.4, 0.5) is 5.69 Å². The van der Waals surface area contributed by atoms with Gasteiger partial charge in [0.25, 0.3) is 5.91 Å². The van der Waals surface area contributed by atoms with E-state index in [4.69, 9.17) is 4.74 Å². The Hall–Kier alpha value is -2.99. The lowest BCUT2D eigenvalue weighted by molar-refractivity contribution is -0.113. The molecule has 4 rings (SSSR count). The summed E-state index contributed by atoms with van der Waals surface area (Å²) < 4.78 is 5.69. The number of carbonyl (C=O) groups excluding carboxylic acids is 1. The number of aliphatic imine (C=N–C) groups is 1. The van der Waals surface area contributed by atoms with Gasteiger partial charge in [-0.3, -0.25) is 4.79 Å². The zero-order valence-corrected chi connectivity index (χ0v) is 17.0. The quantitative estimate of drug-likeness (QED) is 0.555. The molecule has 2 aliphatic rings. The first-order valence-corrected chi connectivity index (χ1v) is 10.5. The van der Waals surface area contributed by atoms with Gasteiger partial charge in [0.15, 0.2) is 5.17 Å². The van der Waals surface area contributed by atoms with Gasteiger partial charge in [-0.15, -0.1) is 0 Å². The van der Waals surface area contributed by atoms with Crippen LogP contribution in [0.3, 0.4) is 0 Å². The molecule has 1 fully saturated rings. The van der Waals surface area contributed by atoms with Gasteiger partial charge in [0, 0.05) is 37.4 Å². The van der Waals surface area contributed by atoms with Gasteiger partial charge >= 0.3 is 0 Å². The number of amidine groups is 1. The lowest BCUT2D eigenvalue weighted by Gasteiger charge is -2.36. The summed E-state index contributed by atoms with van der Waals surface area (Å²) in [6.07, 6.45) is 3.57. The first-order valence-electron chi connectivity index (χ1n) is 9.65. The summed E-state index contributed by atoms with van der Waals surface area (Å²) in [6, 6.07) is 18.1. The zero-order chi connectivity index (χ0) is 20.1. The van der Waals surface area contributed by atoms with E-state index in [2.05, 4.69) is 45.6 Å². The topological polar surface area (TPSA) is 45.1 Å². The molecule has 1 amide bonds. The number of ether oxygens (including phenoxy) is 1. The van der Waals surface area contributed by atoms with Gasteiger partial charge in [-0.1, -0.05) is 49.1 Å². The number of thioether (sulfide) groups is 1. The minimum Gasteiger partial charge on any atom is -0.489 e. The Labute approximate surface area is 175 Å². The Morgan fingerprint density at radius 2 is 1.69 bits per heavy atom. The van der Waals surface area contributed by atoms with Crippen LogP contribution in [-0.4, -0.2) is 48.8 Å². The van der Waals surface area contributed by atoms with E-state index in [0.717, 1.165) is 42.7 Å². The monoisotopic (exact) mass is 405 g/mol. The number of nitrogens with zero attached hydrogens (tertiary/aromatic N) is 3. The molecule has 2 aromatic carbocycles. The second-order valence-corrected chi connectivity index (χ2v) is 7.77. The summed E-state index contributed by atoms with van der Waals surface area (Å²) in [5.41, 5.74) is 2.11. The SMILES string of the molecule is C=CCOc1ccccc1/C=C1\SC(N2CCN(c3ccccc3)CC2)=NC1=O. The molecule has 1 saturated heterocycles. The first-order chi connectivity index (χ1) is 14.2. The second-order valence-electron chi connectivity index (χ2n) is 6.76. The molecule has 0 aromatic heterocycles. The molecule has 0 unspecified atom stereocenters. The third kappa shape index (κ3) is 4.54. The van der Waals surface area contributed by atoms with Gasteiger partial charge < -0.3 is 14.5 Å². The number of anilines is 1. The van der Waals surface area contributed by atoms with Crippen molar-refractivity contribution in [2.24, 2.45) is 4.99 Å². The maximum absolute atomic E-state index is 12.5. The van der Waals surface area contributed by atoms with Crippen LogP contribution >= 0.6 is 11.8 Å². The highest BCUT2D eigenvalue weighted by atomic mass is 32.2. The fourth-order valence-electron chi connectivity index (χ4n) is 3.35. The Balaban J connectivity index is 1.42. The molecule has 0 aliphatic carbocycles. The van der Waals surface area contributed by atoms with Crippen LogP contribution in [0, 0.1) is 0 Å². The second kappa shape index (κ2) is 9.01. The van der Waals surface area contributed by atoms with E-state index in [1.807, 2.05) is 36.4 Å². The third-order valence-electron chi connectivity index (χ3n) is 4.84. The van der Waals surface area contributed by atoms with Gasteiger partial charge in [-0.25, -0.2) is 0 Å². The van der Waals surface area contributed by atoms with Crippen molar-refractivity contribution in [3.05, 3.63) is 77.7 Å². The molecular weight excluding hydrogens is 382 g/mol. The maximum atomic E-state index is 12.5. The standard InChI is InChI=1S/C23H23N3O2S/c1-2-16-28-20-11-7-6-8-18(20)17-21-22(27)24-23(29-21)26-14-12-25(13-15-26)19-9-4-3-5-10-19/h2-11,17H,1,12-16H2/b21-17-. The van der Waals surface area contributed by atoms with Crippen molar-refractivity contribution in [2.45, 2.75) is 0 Å². The van der Waals surface area contributed by atoms with Gasteiger partial charge in [-0.2, -0.15) is 4.99 Å². The fraction of sp³-hybridized carbons (Fsp3) is 0.217. The molecule has 5 nitrogen and oxygen atoms in total. The summed E-state index contributed by atoms with van der Waals surface area (Å²) in [5.74, 6) is 0.548. The molecule has 6 heteroatoms. The summed E-state index contributed by atoms with van der Waals surface area (Å²) >= 11 is 1.44. The fourth-order valence-corrected chi connectivity index (χ4v) is 4.30. The summed E-state index contributed by atoms with van der Waals surface area (Å²) in [4.78, 5) is 22.0. The minimum absolute atomic E-state index is 0.186. The maximum Gasteiger partial charge on any atom is 0.286 e. The normalized spacial score (nSPS) is 18.1. The number of para-hydroxylation sites is 2. The molecule has 0 saturated carbocycles. The molecular formula is C23H23N3O2S. The highest BCUT2D eigenvalue weighted by Gasteiger charge is 2.28. The van der Waals surface area contributed by atoms with Crippen LogP contribution in [-0.2, 0) is 4.79 Å². The molecule has 0 N–H and O–H groups in total. The Morgan fingerprint density at radius 3 is 2.45 bits per heavy atom. The van der Waals surface area contributed by atoms with E-state index in [0.29, 0.717) is 11.5 Å². The molecule has 2 aliphatic heterocycles. The van der Waals surface area contributed by atoms with Crippen molar-refractivity contribution in [1.82, 2.24) is 4.90 Å². The number of rotatable bonds is 5. The van der Waals surface area contributed by atoms with Crippen molar-refractivity contribution < 1.29 is 9.53 Å². The zero-order valence-electron chi connectivity index (χ0n) is 16.2. The van der Waals surface area contributed by atoms with E-state index in [-0.39, 0.29) is 5.91 Å². The molecule has 148 valence electrons. The molecule has 0 bridgehead atoms. The van der Waals surface area contributed by atoms with E-state index in [9.17, 15) is 4.79 Å². The van der Waals surface area contributed by atoms with E-state index in [1.165, 1.54) is 17.4 Å². The molecule has 2 heterocycles. The van der Waals surface area contributed by atoms with Crippen molar-refractivity contribution in [2.75, 3.05) is 37.7 Å². The van der Waals surface area contributed by atoms with Crippen LogP contribution in [0.15, 0.2) is 77.1 Å². The smallest absolute Gasteiger partial charge is 0.286 e. The lowest BCUT2D eigenvalue weighted by atomic mass is 10.2. The van der Waals surface area contributed by atoms with E-state index in [1.54, 1.807) is 6.08 Å². The lowest BCUT2D eigenvalue weighted by Crippen LogP contribution is -2.47. The number of hydrogen-bond donors (Lipinski definition) is 0. The number of hydrogen-bond acceptors (Lipinski definition) is 5. The average Bonchev–Trinajstić information content (AvgIpc) is 3.14. The third-order valence-corrected chi connectivity index (χ3v) is 5.89. The molecule has 0 spiro atoms. The Morgan fingerprint density at radius 1 is 1.00 bits per heavy atom. The highest BCUT2D eigenvalue weighted by molar-refractivity contribution is 8.18. The summed E-state index contributed by atoms with van der Waals surface area (Å²) in [5, 5.41) is 0.790.